The first kappa shape index (κ1) is 20.2. The number of hydrogen-bond donors (Lipinski definition) is 1. The summed E-state index contributed by atoms with van der Waals surface area (Å²) >= 11 is 0. The smallest absolute Gasteiger partial charge is 0.295 e. The second-order valence-electron chi connectivity index (χ2n) is 6.47. The quantitative estimate of drug-likeness (QED) is 0.336. The van der Waals surface area contributed by atoms with E-state index in [0.29, 0.717) is 29.2 Å². The van der Waals surface area contributed by atoms with Crippen LogP contribution in [0.5, 0.6) is 11.5 Å². The van der Waals surface area contributed by atoms with Crippen LogP contribution in [0.2, 0.25) is 0 Å². The molecule has 6 nitrogen and oxygen atoms in total. The van der Waals surface area contributed by atoms with Crippen molar-refractivity contribution in [3.8, 4) is 11.5 Å². The molecule has 0 bridgehead atoms. The molecule has 0 aliphatic carbocycles. The molecular weight excluding hydrogens is 370 g/mol. The maximum absolute atomic E-state index is 12.8. The number of aliphatic hydroxyl groups is 1. The SMILES string of the molecule is C=CCN1C(=O)C(=O)C(=C(O)c2ccc(OCC)cc2)C1c1ccc(OC)cc1. The van der Waals surface area contributed by atoms with Gasteiger partial charge in [-0.05, 0) is 48.9 Å². The summed E-state index contributed by atoms with van der Waals surface area (Å²) in [5, 5.41) is 10.9. The van der Waals surface area contributed by atoms with Gasteiger partial charge in [0.05, 0.1) is 25.3 Å². The van der Waals surface area contributed by atoms with E-state index in [-0.39, 0.29) is 17.9 Å². The number of aliphatic hydroxyl groups excluding tert-OH is 1. The zero-order chi connectivity index (χ0) is 21.0. The zero-order valence-electron chi connectivity index (χ0n) is 16.4. The van der Waals surface area contributed by atoms with E-state index in [0.717, 1.165) is 0 Å². The van der Waals surface area contributed by atoms with Crippen molar-refractivity contribution in [2.45, 2.75) is 13.0 Å². The Hall–Kier alpha value is -3.54. The van der Waals surface area contributed by atoms with Crippen LogP contribution in [0, 0.1) is 0 Å². The molecule has 6 heteroatoms. The largest absolute Gasteiger partial charge is 0.507 e. The lowest BCUT2D eigenvalue weighted by Crippen LogP contribution is -2.29. The molecule has 1 aliphatic rings. The third-order valence-electron chi connectivity index (χ3n) is 4.74. The van der Waals surface area contributed by atoms with Gasteiger partial charge in [0.25, 0.3) is 11.7 Å². The Morgan fingerprint density at radius 1 is 1.10 bits per heavy atom. The van der Waals surface area contributed by atoms with Gasteiger partial charge in [0, 0.05) is 12.1 Å². The Morgan fingerprint density at radius 3 is 2.28 bits per heavy atom. The van der Waals surface area contributed by atoms with Gasteiger partial charge in [-0.3, -0.25) is 9.59 Å². The number of carbonyl (C=O) groups is 2. The van der Waals surface area contributed by atoms with E-state index in [9.17, 15) is 14.7 Å². The number of Topliss-reactive ketones (excluding diaryl/α,β-unsaturated/α-hetero) is 1. The van der Waals surface area contributed by atoms with Crippen LogP contribution >= 0.6 is 0 Å². The standard InChI is InChI=1S/C23H23NO5/c1-4-14-24-20(15-6-10-17(28-3)11-7-15)19(22(26)23(24)27)21(25)16-8-12-18(13-9-16)29-5-2/h4,6-13,20,25H,1,5,14H2,2-3H3. The van der Waals surface area contributed by atoms with Crippen LogP contribution in [-0.2, 0) is 9.59 Å². The Kier molecular flexibility index (Phi) is 6.02. The van der Waals surface area contributed by atoms with E-state index >= 15 is 0 Å². The number of nitrogens with zero attached hydrogens (tertiary/aromatic N) is 1. The van der Waals surface area contributed by atoms with Gasteiger partial charge in [-0.25, -0.2) is 0 Å². The second-order valence-corrected chi connectivity index (χ2v) is 6.47. The molecule has 1 unspecified atom stereocenters. The lowest BCUT2D eigenvalue weighted by Gasteiger charge is -2.24. The van der Waals surface area contributed by atoms with Gasteiger partial charge in [-0.2, -0.15) is 0 Å². The summed E-state index contributed by atoms with van der Waals surface area (Å²) in [6.07, 6.45) is 1.55. The summed E-state index contributed by atoms with van der Waals surface area (Å²) < 4.78 is 10.6. The fourth-order valence-electron chi connectivity index (χ4n) is 3.37. The lowest BCUT2D eigenvalue weighted by atomic mass is 9.95. The Bertz CT molecular complexity index is 944. The summed E-state index contributed by atoms with van der Waals surface area (Å²) in [7, 11) is 1.56. The summed E-state index contributed by atoms with van der Waals surface area (Å²) in [6.45, 7) is 6.26. The van der Waals surface area contributed by atoms with Crippen molar-refractivity contribution in [3.05, 3.63) is 77.9 Å². The van der Waals surface area contributed by atoms with E-state index in [1.807, 2.05) is 6.92 Å². The van der Waals surface area contributed by atoms with Crippen molar-refractivity contribution < 1.29 is 24.2 Å². The monoisotopic (exact) mass is 393 g/mol. The third-order valence-corrected chi connectivity index (χ3v) is 4.74. The first-order valence-electron chi connectivity index (χ1n) is 9.28. The van der Waals surface area contributed by atoms with E-state index in [1.54, 1.807) is 61.7 Å². The summed E-state index contributed by atoms with van der Waals surface area (Å²) in [5.74, 6) is -0.306. The highest BCUT2D eigenvalue weighted by Crippen LogP contribution is 2.39. The molecule has 29 heavy (non-hydrogen) atoms. The fourth-order valence-corrected chi connectivity index (χ4v) is 3.37. The number of rotatable bonds is 7. The van der Waals surface area contributed by atoms with Crippen LogP contribution in [0.1, 0.15) is 24.1 Å². The molecule has 3 rings (SSSR count). The van der Waals surface area contributed by atoms with Gasteiger partial charge in [0.1, 0.15) is 17.3 Å². The number of likely N-dealkylation sites (tertiary alicyclic amines) is 1. The van der Waals surface area contributed by atoms with Gasteiger partial charge in [-0.1, -0.05) is 18.2 Å². The van der Waals surface area contributed by atoms with Crippen LogP contribution in [-0.4, -0.2) is 42.0 Å². The van der Waals surface area contributed by atoms with Crippen LogP contribution < -0.4 is 9.47 Å². The first-order chi connectivity index (χ1) is 14.0. The number of hydrogen-bond acceptors (Lipinski definition) is 5. The number of ketones is 1. The lowest BCUT2D eigenvalue weighted by molar-refractivity contribution is -0.139. The van der Waals surface area contributed by atoms with E-state index in [2.05, 4.69) is 6.58 Å². The molecule has 1 saturated heterocycles. The van der Waals surface area contributed by atoms with Crippen LogP contribution in [0.25, 0.3) is 5.76 Å². The minimum Gasteiger partial charge on any atom is -0.507 e. The summed E-state index contributed by atoms with van der Waals surface area (Å²) in [6, 6.07) is 13.1. The summed E-state index contributed by atoms with van der Waals surface area (Å²) in [4.78, 5) is 26.8. The van der Waals surface area contributed by atoms with Crippen LogP contribution in [0.4, 0.5) is 0 Å². The highest BCUT2D eigenvalue weighted by molar-refractivity contribution is 6.46. The molecular formula is C23H23NO5. The van der Waals surface area contributed by atoms with Gasteiger partial charge in [0.2, 0.25) is 0 Å². The molecule has 150 valence electrons. The van der Waals surface area contributed by atoms with Crippen molar-refractivity contribution in [2.75, 3.05) is 20.3 Å². The number of amides is 1. The maximum Gasteiger partial charge on any atom is 0.295 e. The normalized spacial score (nSPS) is 18.0. The molecule has 1 amide bonds. The maximum atomic E-state index is 12.8. The second kappa shape index (κ2) is 8.65. The average Bonchev–Trinajstić information content (AvgIpc) is 2.99. The minimum absolute atomic E-state index is 0.0474. The van der Waals surface area contributed by atoms with Gasteiger partial charge < -0.3 is 19.5 Å². The molecule has 1 atom stereocenters. The van der Waals surface area contributed by atoms with Gasteiger partial charge >= 0.3 is 0 Å². The Balaban J connectivity index is 2.10. The molecule has 1 heterocycles. The third kappa shape index (κ3) is 3.87. The Labute approximate surface area is 169 Å². The van der Waals surface area contributed by atoms with E-state index in [4.69, 9.17) is 9.47 Å². The molecule has 0 saturated carbocycles. The average molecular weight is 393 g/mol. The van der Waals surface area contributed by atoms with Crippen LogP contribution in [0.15, 0.2) is 66.8 Å². The molecule has 1 fully saturated rings. The molecule has 0 aromatic heterocycles. The van der Waals surface area contributed by atoms with Crippen molar-refractivity contribution in [1.29, 1.82) is 0 Å². The number of ether oxygens (including phenoxy) is 2. The first-order valence-corrected chi connectivity index (χ1v) is 9.28. The van der Waals surface area contributed by atoms with E-state index < -0.39 is 17.7 Å². The number of methoxy groups -OCH3 is 1. The minimum atomic E-state index is -0.723. The van der Waals surface area contributed by atoms with E-state index in [1.165, 1.54) is 4.90 Å². The molecule has 0 spiro atoms. The molecule has 2 aromatic rings. The Morgan fingerprint density at radius 2 is 1.72 bits per heavy atom. The van der Waals surface area contributed by atoms with Gasteiger partial charge in [0.15, 0.2) is 0 Å². The fraction of sp³-hybridized carbons (Fsp3) is 0.217. The van der Waals surface area contributed by atoms with Crippen LogP contribution in [0.3, 0.4) is 0 Å². The predicted octanol–water partition coefficient (Wildman–Crippen LogP) is 3.70. The molecule has 2 aromatic carbocycles. The van der Waals surface area contributed by atoms with Crippen molar-refractivity contribution >= 4 is 17.4 Å². The highest BCUT2D eigenvalue weighted by Gasteiger charge is 2.45. The predicted molar refractivity (Wildman–Crippen MR) is 110 cm³/mol. The molecule has 1 aliphatic heterocycles. The topological polar surface area (TPSA) is 76.1 Å². The molecule has 0 radical (unpaired) electrons. The van der Waals surface area contributed by atoms with Crippen molar-refractivity contribution in [2.24, 2.45) is 0 Å². The number of benzene rings is 2. The van der Waals surface area contributed by atoms with Crippen molar-refractivity contribution in [3.63, 3.8) is 0 Å². The molecule has 1 N–H and O–H groups in total. The van der Waals surface area contributed by atoms with Crippen molar-refractivity contribution in [1.82, 2.24) is 4.90 Å². The zero-order valence-corrected chi connectivity index (χ0v) is 16.4. The number of carbonyl (C=O) groups excluding carboxylic acids is 2. The highest BCUT2D eigenvalue weighted by atomic mass is 16.5. The summed E-state index contributed by atoms with van der Waals surface area (Å²) in [5.41, 5.74) is 1.18. The van der Waals surface area contributed by atoms with Gasteiger partial charge in [-0.15, -0.1) is 6.58 Å².